The van der Waals surface area contributed by atoms with Gasteiger partial charge in [0.05, 0.1) is 25.2 Å². The summed E-state index contributed by atoms with van der Waals surface area (Å²) in [4.78, 5) is 13.0. The Bertz CT molecular complexity index is 976. The molecule has 174 valence electrons. The summed E-state index contributed by atoms with van der Waals surface area (Å²) in [5, 5.41) is 9.87. The molecule has 2 aliphatic heterocycles. The average Bonchev–Trinajstić information content (AvgIpc) is 3.11. The molecule has 0 aromatic heterocycles. The number of methoxy groups -OCH3 is 1. The molecule has 1 spiro atoms. The molecule has 32 heavy (non-hydrogen) atoms. The van der Waals surface area contributed by atoms with Gasteiger partial charge in [-0.05, 0) is 44.1 Å². The molecule has 0 unspecified atom stereocenters. The SMILES string of the molecule is COc1ccc(Cl)c(COc2ccc3c(c2)OCC32CCN(CCC(=O)O)CC2)c1Cl.Cl. The van der Waals surface area contributed by atoms with E-state index < -0.39 is 5.97 Å². The number of rotatable bonds is 7. The highest BCUT2D eigenvalue weighted by Crippen LogP contribution is 2.47. The Morgan fingerprint density at radius 2 is 1.97 bits per heavy atom. The van der Waals surface area contributed by atoms with Crippen molar-refractivity contribution in [2.24, 2.45) is 0 Å². The monoisotopic (exact) mass is 501 g/mol. The van der Waals surface area contributed by atoms with E-state index in [-0.39, 0.29) is 30.8 Å². The third-order valence-corrected chi connectivity index (χ3v) is 7.01. The fourth-order valence-corrected chi connectivity index (χ4v) is 4.89. The molecule has 0 amide bonds. The van der Waals surface area contributed by atoms with Crippen LogP contribution < -0.4 is 14.2 Å². The van der Waals surface area contributed by atoms with Crippen LogP contribution in [0.15, 0.2) is 30.3 Å². The number of carboxylic acid groups (broad SMARTS) is 1. The van der Waals surface area contributed by atoms with Crippen LogP contribution in [-0.2, 0) is 16.8 Å². The molecule has 1 N–H and O–H groups in total. The Labute approximate surface area is 203 Å². The van der Waals surface area contributed by atoms with E-state index >= 15 is 0 Å². The molecule has 6 nitrogen and oxygen atoms in total. The van der Waals surface area contributed by atoms with Crippen LogP contribution >= 0.6 is 35.6 Å². The molecule has 0 radical (unpaired) electrons. The van der Waals surface area contributed by atoms with E-state index in [1.807, 2.05) is 12.1 Å². The van der Waals surface area contributed by atoms with Gasteiger partial charge in [-0.3, -0.25) is 4.79 Å². The minimum absolute atomic E-state index is 0. The van der Waals surface area contributed by atoms with E-state index in [2.05, 4.69) is 11.0 Å². The normalized spacial score (nSPS) is 16.7. The second-order valence-corrected chi connectivity index (χ2v) is 8.83. The molecule has 4 rings (SSSR count). The number of benzene rings is 2. The molecule has 1 saturated heterocycles. The predicted octanol–water partition coefficient (Wildman–Crippen LogP) is 5.20. The van der Waals surface area contributed by atoms with Gasteiger partial charge in [0.2, 0.25) is 0 Å². The van der Waals surface area contributed by atoms with E-state index in [1.165, 1.54) is 5.56 Å². The lowest BCUT2D eigenvalue weighted by molar-refractivity contribution is -0.137. The van der Waals surface area contributed by atoms with Crippen LogP contribution in [0.3, 0.4) is 0 Å². The lowest BCUT2D eigenvalue weighted by Gasteiger charge is -2.38. The van der Waals surface area contributed by atoms with Crippen LogP contribution in [0.2, 0.25) is 10.0 Å². The van der Waals surface area contributed by atoms with Gasteiger partial charge in [-0.2, -0.15) is 0 Å². The molecule has 0 aliphatic carbocycles. The Hall–Kier alpha value is -1.86. The molecule has 2 heterocycles. The largest absolute Gasteiger partial charge is 0.495 e. The zero-order valence-electron chi connectivity index (χ0n) is 17.7. The summed E-state index contributed by atoms with van der Waals surface area (Å²) < 4.78 is 17.2. The number of carboxylic acids is 1. The maximum Gasteiger partial charge on any atom is 0.304 e. The number of halogens is 3. The number of ether oxygens (including phenoxy) is 3. The Morgan fingerprint density at radius 1 is 1.22 bits per heavy atom. The van der Waals surface area contributed by atoms with E-state index in [9.17, 15) is 4.79 Å². The highest BCUT2D eigenvalue weighted by Gasteiger charge is 2.43. The summed E-state index contributed by atoms with van der Waals surface area (Å²) in [6.45, 7) is 3.22. The van der Waals surface area contributed by atoms with Gasteiger partial charge >= 0.3 is 5.97 Å². The number of likely N-dealkylation sites (tertiary alicyclic amines) is 1. The minimum atomic E-state index is -0.751. The van der Waals surface area contributed by atoms with Gasteiger partial charge in [0.25, 0.3) is 0 Å². The van der Waals surface area contributed by atoms with E-state index in [0.717, 1.165) is 31.7 Å². The summed E-state index contributed by atoms with van der Waals surface area (Å²) in [7, 11) is 1.56. The van der Waals surface area contributed by atoms with Gasteiger partial charge in [0.1, 0.15) is 23.9 Å². The second kappa shape index (κ2) is 10.4. The summed E-state index contributed by atoms with van der Waals surface area (Å²) >= 11 is 12.7. The first-order valence-corrected chi connectivity index (χ1v) is 11.0. The highest BCUT2D eigenvalue weighted by atomic mass is 35.5. The Morgan fingerprint density at radius 3 is 2.66 bits per heavy atom. The van der Waals surface area contributed by atoms with Crippen molar-refractivity contribution < 1.29 is 24.1 Å². The minimum Gasteiger partial charge on any atom is -0.495 e. The zero-order chi connectivity index (χ0) is 22.0. The number of hydrogen-bond acceptors (Lipinski definition) is 5. The molecular weight excluding hydrogens is 477 g/mol. The first kappa shape index (κ1) is 24.8. The third-order valence-electron chi connectivity index (χ3n) is 6.24. The molecule has 0 atom stereocenters. The van der Waals surface area contributed by atoms with Crippen LogP contribution in [0.4, 0.5) is 0 Å². The van der Waals surface area contributed by atoms with Crippen molar-refractivity contribution in [2.75, 3.05) is 33.4 Å². The summed E-state index contributed by atoms with van der Waals surface area (Å²) in [5.74, 6) is 1.33. The van der Waals surface area contributed by atoms with Crippen molar-refractivity contribution in [3.05, 3.63) is 51.5 Å². The number of nitrogens with zero attached hydrogens (tertiary/aromatic N) is 1. The summed E-state index contributed by atoms with van der Waals surface area (Å²) in [5.41, 5.74) is 1.87. The van der Waals surface area contributed by atoms with Crippen molar-refractivity contribution >= 4 is 41.6 Å². The molecule has 2 aromatic rings. The van der Waals surface area contributed by atoms with E-state index in [4.69, 9.17) is 42.5 Å². The van der Waals surface area contributed by atoms with Crippen LogP contribution in [0.1, 0.15) is 30.4 Å². The lowest BCUT2D eigenvalue weighted by Crippen LogP contribution is -2.44. The van der Waals surface area contributed by atoms with Crippen molar-refractivity contribution in [3.63, 3.8) is 0 Å². The number of hydrogen-bond donors (Lipinski definition) is 1. The number of fused-ring (bicyclic) bond motifs is 2. The van der Waals surface area contributed by atoms with E-state index in [0.29, 0.717) is 40.3 Å². The Kier molecular flexibility index (Phi) is 8.04. The quantitative estimate of drug-likeness (QED) is 0.561. The van der Waals surface area contributed by atoms with Crippen molar-refractivity contribution in [1.29, 1.82) is 0 Å². The molecular formula is C23H26Cl3NO5. The van der Waals surface area contributed by atoms with Crippen molar-refractivity contribution in [2.45, 2.75) is 31.3 Å². The number of carbonyl (C=O) groups is 1. The first-order valence-electron chi connectivity index (χ1n) is 10.3. The molecule has 0 bridgehead atoms. The van der Waals surface area contributed by atoms with Gasteiger partial charge in [-0.1, -0.05) is 29.3 Å². The van der Waals surface area contributed by atoms with Gasteiger partial charge in [-0.25, -0.2) is 0 Å². The van der Waals surface area contributed by atoms with Crippen LogP contribution in [0.5, 0.6) is 17.2 Å². The number of piperidine rings is 1. The summed E-state index contributed by atoms with van der Waals surface area (Å²) in [6.07, 6.45) is 2.09. The predicted molar refractivity (Wildman–Crippen MR) is 126 cm³/mol. The van der Waals surface area contributed by atoms with Gasteiger partial charge in [0.15, 0.2) is 0 Å². The van der Waals surface area contributed by atoms with Crippen LogP contribution in [0.25, 0.3) is 0 Å². The Balaban J connectivity index is 0.00000289. The van der Waals surface area contributed by atoms with Crippen LogP contribution in [-0.4, -0.2) is 49.3 Å². The van der Waals surface area contributed by atoms with Gasteiger partial charge in [0, 0.05) is 34.2 Å². The molecule has 2 aliphatic rings. The fraction of sp³-hybridized carbons (Fsp3) is 0.435. The maximum absolute atomic E-state index is 10.8. The molecule has 1 fully saturated rings. The van der Waals surface area contributed by atoms with Gasteiger partial charge < -0.3 is 24.2 Å². The average molecular weight is 503 g/mol. The topological polar surface area (TPSA) is 68.2 Å². The summed E-state index contributed by atoms with van der Waals surface area (Å²) in [6, 6.07) is 9.42. The smallest absolute Gasteiger partial charge is 0.304 e. The zero-order valence-corrected chi connectivity index (χ0v) is 20.1. The van der Waals surface area contributed by atoms with Crippen LogP contribution in [0, 0.1) is 0 Å². The van der Waals surface area contributed by atoms with Crippen molar-refractivity contribution in [3.8, 4) is 17.2 Å². The molecule has 0 saturated carbocycles. The molecule has 2 aromatic carbocycles. The first-order chi connectivity index (χ1) is 14.9. The lowest BCUT2D eigenvalue weighted by atomic mass is 9.74. The fourth-order valence-electron chi connectivity index (χ4n) is 4.34. The number of aliphatic carboxylic acids is 1. The van der Waals surface area contributed by atoms with E-state index in [1.54, 1.807) is 19.2 Å². The standard InChI is InChI=1S/C23H25Cl2NO5.ClH/c1-29-19-5-4-18(24)16(22(19)25)13-30-15-2-3-17-20(12-15)31-14-23(17)7-10-26(11-8-23)9-6-21(27)28;/h2-5,12H,6-11,13-14H2,1H3,(H,27,28);1H. The maximum atomic E-state index is 10.8. The highest BCUT2D eigenvalue weighted by molar-refractivity contribution is 6.36. The van der Waals surface area contributed by atoms with Gasteiger partial charge in [-0.15, -0.1) is 12.4 Å². The second-order valence-electron chi connectivity index (χ2n) is 8.04. The van der Waals surface area contributed by atoms with Crippen molar-refractivity contribution in [1.82, 2.24) is 4.90 Å². The third kappa shape index (κ3) is 5.04. The molecule has 9 heteroatoms.